The fourth-order valence-electron chi connectivity index (χ4n) is 1.78. The van der Waals surface area contributed by atoms with Gasteiger partial charge in [0.1, 0.15) is 0 Å². The van der Waals surface area contributed by atoms with Crippen LogP contribution in [0.4, 0.5) is 0 Å². The quantitative estimate of drug-likeness (QED) is 0.415. The van der Waals surface area contributed by atoms with E-state index in [0.29, 0.717) is 0 Å². The second-order valence-corrected chi connectivity index (χ2v) is 14.8. The zero-order chi connectivity index (χ0) is 15.5. The molecule has 0 bridgehead atoms. The van der Waals surface area contributed by atoms with Crippen molar-refractivity contribution >= 4 is 5.43 Å². The molecule has 0 amide bonds. The SMILES string of the molecule is CC1=[C-]CC(C)=C1.CCC1=[C-]CC(CC)=C1.C[Si](C)=[Zr+2].[Cl-].[Cl-]. The maximum atomic E-state index is 3.33. The van der Waals surface area contributed by atoms with Gasteiger partial charge in [-0.3, -0.25) is 12.2 Å². The van der Waals surface area contributed by atoms with Gasteiger partial charge in [0.25, 0.3) is 0 Å². The van der Waals surface area contributed by atoms with E-state index in [9.17, 15) is 0 Å². The van der Waals surface area contributed by atoms with Crippen LogP contribution in [-0.4, -0.2) is 5.43 Å². The van der Waals surface area contributed by atoms with Crippen LogP contribution in [0.15, 0.2) is 34.4 Å². The van der Waals surface area contributed by atoms with Crippen molar-refractivity contribution in [1.29, 1.82) is 0 Å². The van der Waals surface area contributed by atoms with Crippen LogP contribution >= 0.6 is 0 Å². The van der Waals surface area contributed by atoms with Crippen LogP contribution < -0.4 is 24.8 Å². The molecule has 0 radical (unpaired) electrons. The van der Waals surface area contributed by atoms with Crippen molar-refractivity contribution in [2.75, 3.05) is 0 Å². The van der Waals surface area contributed by atoms with E-state index in [1.165, 1.54) is 28.7 Å². The van der Waals surface area contributed by atoms with E-state index < -0.39 is 0 Å². The van der Waals surface area contributed by atoms with E-state index in [4.69, 9.17) is 0 Å². The van der Waals surface area contributed by atoms with E-state index in [-0.39, 0.29) is 30.2 Å². The van der Waals surface area contributed by atoms with E-state index in [2.05, 4.69) is 65.1 Å². The van der Waals surface area contributed by atoms with Crippen molar-refractivity contribution in [1.82, 2.24) is 0 Å². The van der Waals surface area contributed by atoms with Crippen LogP contribution in [-0.2, 0) is 23.3 Å². The van der Waals surface area contributed by atoms with Gasteiger partial charge in [-0.1, -0.05) is 40.5 Å². The molecule has 2 aliphatic carbocycles. The summed E-state index contributed by atoms with van der Waals surface area (Å²) in [4.78, 5) is 0. The first-order valence-corrected chi connectivity index (χ1v) is 13.6. The fourth-order valence-corrected chi connectivity index (χ4v) is 1.78. The molecule has 22 heavy (non-hydrogen) atoms. The number of halogens is 2. The van der Waals surface area contributed by atoms with E-state index >= 15 is 0 Å². The second-order valence-electron chi connectivity index (χ2n) is 5.42. The summed E-state index contributed by atoms with van der Waals surface area (Å²) in [5.41, 5.74) is 5.86. The number of hydrogen-bond acceptors (Lipinski definition) is 0. The zero-order valence-corrected chi connectivity index (χ0v) is 19.7. The smallest absolute Gasteiger partial charge is 1.00 e. The Morgan fingerprint density at radius 3 is 1.73 bits per heavy atom. The van der Waals surface area contributed by atoms with Gasteiger partial charge in [0.15, 0.2) is 0 Å². The number of allylic oxidation sites excluding steroid dienone is 8. The second kappa shape index (κ2) is 16.5. The third-order valence-electron chi connectivity index (χ3n) is 2.86. The Kier molecular flexibility index (Phi) is 20.6. The summed E-state index contributed by atoms with van der Waals surface area (Å²) in [6.45, 7) is 13.2. The van der Waals surface area contributed by atoms with Crippen LogP contribution in [0.25, 0.3) is 0 Å². The fraction of sp³-hybridized carbons (Fsp3) is 0.556. The van der Waals surface area contributed by atoms with Crippen LogP contribution in [0.1, 0.15) is 53.4 Å². The Bertz CT molecular complexity index is 442. The van der Waals surface area contributed by atoms with Crippen molar-refractivity contribution in [3.05, 3.63) is 46.6 Å². The Morgan fingerprint density at radius 2 is 1.55 bits per heavy atom. The average molecular weight is 435 g/mol. The first-order valence-electron chi connectivity index (χ1n) is 7.44. The Hall–Kier alpha value is 0.640. The topological polar surface area (TPSA) is 0 Å². The maximum absolute atomic E-state index is 3.33. The molecule has 0 aliphatic heterocycles. The molecule has 2 aliphatic rings. The summed E-state index contributed by atoms with van der Waals surface area (Å²) in [7, 11) is 0. The molecule has 124 valence electrons. The van der Waals surface area contributed by atoms with Crippen molar-refractivity contribution in [3.63, 3.8) is 0 Å². The predicted octanol–water partition coefficient (Wildman–Crippen LogP) is -0.256. The van der Waals surface area contributed by atoms with E-state index in [1.54, 1.807) is 23.3 Å². The first kappa shape index (κ1) is 27.5. The molecule has 0 atom stereocenters. The molecule has 0 aromatic heterocycles. The number of rotatable bonds is 2. The van der Waals surface area contributed by atoms with Crippen molar-refractivity contribution in [2.24, 2.45) is 0 Å². The molecule has 4 heteroatoms. The first-order chi connectivity index (χ1) is 9.38. The molecule has 0 heterocycles. The van der Waals surface area contributed by atoms with Crippen LogP contribution in [0.3, 0.4) is 0 Å². The van der Waals surface area contributed by atoms with Crippen molar-refractivity contribution in [3.8, 4) is 0 Å². The molecule has 0 N–H and O–H groups in total. The summed E-state index contributed by atoms with van der Waals surface area (Å²) in [5, 5.41) is 0. The van der Waals surface area contributed by atoms with Gasteiger partial charge in [-0.05, 0) is 0 Å². The summed E-state index contributed by atoms with van der Waals surface area (Å²) in [6, 6.07) is 0. The van der Waals surface area contributed by atoms with E-state index in [1.807, 2.05) is 0 Å². The number of hydrogen-bond donors (Lipinski definition) is 0. The molecule has 0 saturated heterocycles. The van der Waals surface area contributed by atoms with Gasteiger partial charge >= 0.3 is 41.9 Å². The molecular weight excluding hydrogens is 406 g/mol. The zero-order valence-electron chi connectivity index (χ0n) is 14.7. The van der Waals surface area contributed by atoms with Gasteiger partial charge in [0, 0.05) is 0 Å². The molecule has 0 nitrogen and oxygen atoms in total. The average Bonchev–Trinajstić information content (AvgIpc) is 2.98. The Morgan fingerprint density at radius 1 is 1.00 bits per heavy atom. The summed E-state index contributed by atoms with van der Waals surface area (Å²) in [6.07, 6.45) is 15.4. The Labute approximate surface area is 165 Å². The molecule has 2 rings (SSSR count). The Balaban J connectivity index is -0.000000252. The van der Waals surface area contributed by atoms with Gasteiger partial charge in [0.2, 0.25) is 0 Å². The van der Waals surface area contributed by atoms with Crippen LogP contribution in [0.2, 0.25) is 13.1 Å². The molecular formula is C18H28Cl2SiZr-2. The standard InChI is InChI=1S/C9H13.C7H9.C2H6Si.2ClH.Zr/c1-3-8-5-6-9(4-2)7-8;1-6-3-4-7(2)5-6;1-3-2;;;/h7H,3-5H2,1-2H3;5H,3H2,1-2H3;1-2H3;2*1H;/q2*-1;;;;+2/p-2. The largest absolute Gasteiger partial charge is 1.00 e. The normalized spacial score (nSPS) is 14.5. The van der Waals surface area contributed by atoms with Crippen molar-refractivity contribution in [2.45, 2.75) is 66.5 Å². The summed E-state index contributed by atoms with van der Waals surface area (Å²) >= 11 is 1.74. The third-order valence-corrected chi connectivity index (χ3v) is 2.86. The summed E-state index contributed by atoms with van der Waals surface area (Å²) < 4.78 is 0. The minimum absolute atomic E-state index is 0. The molecule has 0 saturated carbocycles. The maximum Gasteiger partial charge on any atom is -1.00 e. The van der Waals surface area contributed by atoms with E-state index in [0.717, 1.165) is 19.3 Å². The monoisotopic (exact) mass is 432 g/mol. The third kappa shape index (κ3) is 15.5. The van der Waals surface area contributed by atoms with Gasteiger partial charge in [0.05, 0.1) is 0 Å². The van der Waals surface area contributed by atoms with Crippen LogP contribution in [0, 0.1) is 12.2 Å². The molecule has 0 unspecified atom stereocenters. The molecule has 0 aromatic rings. The van der Waals surface area contributed by atoms with Gasteiger partial charge in [-0.2, -0.15) is 11.1 Å². The van der Waals surface area contributed by atoms with Crippen molar-refractivity contribution < 1.29 is 48.1 Å². The predicted molar refractivity (Wildman–Crippen MR) is 88.3 cm³/mol. The molecule has 0 fully saturated rings. The minimum Gasteiger partial charge on any atom is -1.00 e. The molecule has 0 aromatic carbocycles. The van der Waals surface area contributed by atoms with Gasteiger partial charge in [-0.25, -0.2) is 23.3 Å². The summed E-state index contributed by atoms with van der Waals surface area (Å²) in [5.74, 6) is 0. The van der Waals surface area contributed by atoms with Gasteiger partial charge in [-0.15, -0.1) is 12.8 Å². The van der Waals surface area contributed by atoms with Gasteiger partial charge < -0.3 is 24.8 Å². The van der Waals surface area contributed by atoms with Crippen LogP contribution in [0.5, 0.6) is 0 Å². The minimum atomic E-state index is 0. The molecule has 0 spiro atoms.